The minimum absolute atomic E-state index is 0.172. The summed E-state index contributed by atoms with van der Waals surface area (Å²) >= 11 is 10.5. The van der Waals surface area contributed by atoms with Gasteiger partial charge in [0.2, 0.25) is 0 Å². The van der Waals surface area contributed by atoms with Crippen LogP contribution < -0.4 is 4.90 Å². The van der Waals surface area contributed by atoms with Gasteiger partial charge in [-0.15, -0.1) is 0 Å². The van der Waals surface area contributed by atoms with Crippen LogP contribution in [0.15, 0.2) is 25.6 Å². The average Bonchev–Trinajstić information content (AvgIpc) is 2.21. The summed E-state index contributed by atoms with van der Waals surface area (Å²) in [6, 6.07) is 3.76. The van der Waals surface area contributed by atoms with E-state index < -0.39 is 0 Å². The number of carbonyl (C=O) groups excluding carboxylic acids is 1. The van der Waals surface area contributed by atoms with Crippen molar-refractivity contribution >= 4 is 59.4 Å². The Hall–Kier alpha value is -0.0700. The van der Waals surface area contributed by atoms with Crippen molar-refractivity contribution in [2.24, 2.45) is 0 Å². The standard InChI is InChI=1S/C11H10Br3NO2/c1-17-11(16)9-2-3-15(9)10-7(13)4-6(12)5-8(10)14/h4-5,9H,2-3H2,1H3. The Balaban J connectivity index is 2.32. The molecule has 0 bridgehead atoms. The van der Waals surface area contributed by atoms with Crippen LogP contribution in [0.25, 0.3) is 0 Å². The van der Waals surface area contributed by atoms with Crippen LogP contribution in [0.4, 0.5) is 5.69 Å². The van der Waals surface area contributed by atoms with Crippen LogP contribution >= 0.6 is 47.8 Å². The lowest BCUT2D eigenvalue weighted by atomic mass is 10.0. The third kappa shape index (κ3) is 2.53. The van der Waals surface area contributed by atoms with Crippen LogP contribution in [-0.4, -0.2) is 25.7 Å². The summed E-state index contributed by atoms with van der Waals surface area (Å²) in [4.78, 5) is 13.6. The number of benzene rings is 1. The Kier molecular flexibility index (Phi) is 4.15. The lowest BCUT2D eigenvalue weighted by molar-refractivity contribution is -0.143. The number of methoxy groups -OCH3 is 1. The zero-order valence-corrected chi connectivity index (χ0v) is 13.8. The number of esters is 1. The zero-order chi connectivity index (χ0) is 12.6. The van der Waals surface area contributed by atoms with Gasteiger partial charge in [-0.1, -0.05) is 15.9 Å². The van der Waals surface area contributed by atoms with Crippen molar-refractivity contribution in [1.82, 2.24) is 0 Å². The molecule has 0 saturated carbocycles. The Bertz CT molecular complexity index is 441. The molecule has 1 atom stereocenters. The second-order valence-corrected chi connectivity index (χ2v) is 6.36. The molecule has 17 heavy (non-hydrogen) atoms. The predicted octanol–water partition coefficient (Wildman–Crippen LogP) is 3.73. The first-order valence-corrected chi connectivity index (χ1v) is 7.41. The molecule has 6 heteroatoms. The lowest BCUT2D eigenvalue weighted by Gasteiger charge is -2.41. The van der Waals surface area contributed by atoms with Crippen LogP contribution in [0.3, 0.4) is 0 Å². The third-order valence-electron chi connectivity index (χ3n) is 2.76. The Morgan fingerprint density at radius 2 is 1.94 bits per heavy atom. The van der Waals surface area contributed by atoms with Crippen LogP contribution in [-0.2, 0) is 9.53 Å². The van der Waals surface area contributed by atoms with Crippen LogP contribution in [0.1, 0.15) is 6.42 Å². The second-order valence-electron chi connectivity index (χ2n) is 3.74. The molecular formula is C11H10Br3NO2. The van der Waals surface area contributed by atoms with Gasteiger partial charge < -0.3 is 9.64 Å². The fourth-order valence-electron chi connectivity index (χ4n) is 1.85. The van der Waals surface area contributed by atoms with Gasteiger partial charge in [0.05, 0.1) is 12.8 Å². The van der Waals surface area contributed by atoms with E-state index in [4.69, 9.17) is 4.74 Å². The Morgan fingerprint density at radius 1 is 1.35 bits per heavy atom. The quantitative estimate of drug-likeness (QED) is 0.674. The molecule has 0 spiro atoms. The normalized spacial score (nSPS) is 18.8. The highest BCUT2D eigenvalue weighted by Crippen LogP contribution is 2.41. The van der Waals surface area contributed by atoms with E-state index in [-0.39, 0.29) is 12.0 Å². The van der Waals surface area contributed by atoms with E-state index in [0.717, 1.165) is 32.1 Å². The van der Waals surface area contributed by atoms with Gasteiger partial charge in [-0.3, -0.25) is 0 Å². The molecule has 1 aliphatic heterocycles. The van der Waals surface area contributed by atoms with Gasteiger partial charge in [-0.25, -0.2) is 4.79 Å². The molecule has 1 saturated heterocycles. The molecule has 0 aliphatic carbocycles. The molecule has 1 aliphatic rings. The van der Waals surface area contributed by atoms with Gasteiger partial charge in [0.25, 0.3) is 0 Å². The Labute approximate surface area is 125 Å². The van der Waals surface area contributed by atoms with Crippen LogP contribution in [0.5, 0.6) is 0 Å². The van der Waals surface area contributed by atoms with Crippen LogP contribution in [0.2, 0.25) is 0 Å². The van der Waals surface area contributed by atoms with Crippen molar-refractivity contribution in [3.05, 3.63) is 25.6 Å². The highest BCUT2D eigenvalue weighted by molar-refractivity contribution is 9.11. The van der Waals surface area contributed by atoms with Gasteiger partial charge in [-0.2, -0.15) is 0 Å². The van der Waals surface area contributed by atoms with E-state index in [9.17, 15) is 4.79 Å². The molecule has 0 aromatic heterocycles. The van der Waals surface area contributed by atoms with E-state index in [1.54, 1.807) is 0 Å². The largest absolute Gasteiger partial charge is 0.467 e. The minimum Gasteiger partial charge on any atom is -0.467 e. The van der Waals surface area contributed by atoms with E-state index in [1.165, 1.54) is 7.11 Å². The number of hydrogen-bond donors (Lipinski definition) is 0. The monoisotopic (exact) mass is 425 g/mol. The van der Waals surface area contributed by atoms with E-state index in [2.05, 4.69) is 47.8 Å². The molecule has 1 aromatic carbocycles. The molecule has 2 rings (SSSR count). The summed E-state index contributed by atoms with van der Waals surface area (Å²) in [5, 5.41) is 0. The highest BCUT2D eigenvalue weighted by atomic mass is 79.9. The van der Waals surface area contributed by atoms with E-state index >= 15 is 0 Å². The molecule has 1 fully saturated rings. The summed E-state index contributed by atoms with van der Waals surface area (Å²) < 4.78 is 7.67. The molecule has 1 aromatic rings. The number of anilines is 1. The van der Waals surface area contributed by atoms with Crippen molar-refractivity contribution in [2.75, 3.05) is 18.6 Å². The topological polar surface area (TPSA) is 29.5 Å². The summed E-state index contributed by atoms with van der Waals surface area (Å²) in [6.07, 6.45) is 0.835. The third-order valence-corrected chi connectivity index (χ3v) is 4.43. The second kappa shape index (κ2) is 5.28. The van der Waals surface area contributed by atoms with Crippen molar-refractivity contribution in [2.45, 2.75) is 12.5 Å². The lowest BCUT2D eigenvalue weighted by Crippen LogP contribution is -2.53. The SMILES string of the molecule is COC(=O)C1CCN1c1c(Br)cc(Br)cc1Br. The first kappa shape index (κ1) is 13.4. The van der Waals surface area contributed by atoms with Gasteiger partial charge in [-0.05, 0) is 50.4 Å². The first-order chi connectivity index (χ1) is 8.04. The van der Waals surface area contributed by atoms with E-state index in [1.807, 2.05) is 17.0 Å². The van der Waals surface area contributed by atoms with Gasteiger partial charge in [0.15, 0.2) is 0 Å². The van der Waals surface area contributed by atoms with Crippen molar-refractivity contribution in [1.29, 1.82) is 0 Å². The molecule has 3 nitrogen and oxygen atoms in total. The molecule has 0 N–H and O–H groups in total. The van der Waals surface area contributed by atoms with Gasteiger partial charge in [0.1, 0.15) is 6.04 Å². The summed E-state index contributed by atoms with van der Waals surface area (Å²) in [7, 11) is 1.42. The molecular weight excluding hydrogens is 418 g/mol. The maximum Gasteiger partial charge on any atom is 0.328 e. The zero-order valence-electron chi connectivity index (χ0n) is 9.04. The Morgan fingerprint density at radius 3 is 2.35 bits per heavy atom. The number of hydrogen-bond acceptors (Lipinski definition) is 3. The molecule has 1 unspecified atom stereocenters. The fourth-order valence-corrected chi connectivity index (χ4v) is 4.56. The molecule has 1 heterocycles. The molecule has 0 amide bonds. The predicted molar refractivity (Wildman–Crippen MR) is 77.3 cm³/mol. The maximum absolute atomic E-state index is 11.6. The molecule has 92 valence electrons. The number of halogens is 3. The van der Waals surface area contributed by atoms with Gasteiger partial charge >= 0.3 is 5.97 Å². The summed E-state index contributed by atoms with van der Waals surface area (Å²) in [5.41, 5.74) is 0.995. The van der Waals surface area contributed by atoms with E-state index in [0.29, 0.717) is 0 Å². The van der Waals surface area contributed by atoms with Crippen LogP contribution in [0, 0.1) is 0 Å². The number of rotatable bonds is 2. The first-order valence-electron chi connectivity index (χ1n) is 5.03. The number of nitrogens with zero attached hydrogens (tertiary/aromatic N) is 1. The molecule has 0 radical (unpaired) electrons. The maximum atomic E-state index is 11.6. The number of ether oxygens (including phenoxy) is 1. The summed E-state index contributed by atoms with van der Waals surface area (Å²) in [5.74, 6) is -0.182. The smallest absolute Gasteiger partial charge is 0.328 e. The van der Waals surface area contributed by atoms with Gasteiger partial charge in [0, 0.05) is 20.0 Å². The summed E-state index contributed by atoms with van der Waals surface area (Å²) in [6.45, 7) is 0.860. The minimum atomic E-state index is -0.182. The van der Waals surface area contributed by atoms with Crippen molar-refractivity contribution in [3.8, 4) is 0 Å². The number of carbonyl (C=O) groups is 1. The van der Waals surface area contributed by atoms with Crippen molar-refractivity contribution < 1.29 is 9.53 Å². The highest BCUT2D eigenvalue weighted by Gasteiger charge is 2.37. The average molecular weight is 428 g/mol. The fraction of sp³-hybridized carbons (Fsp3) is 0.364. The van der Waals surface area contributed by atoms with Crippen molar-refractivity contribution in [3.63, 3.8) is 0 Å².